The summed E-state index contributed by atoms with van der Waals surface area (Å²) in [4.78, 5) is 26.9. The van der Waals surface area contributed by atoms with Gasteiger partial charge in [-0.25, -0.2) is 4.98 Å². The van der Waals surface area contributed by atoms with Crippen molar-refractivity contribution in [3.8, 4) is 0 Å². The lowest BCUT2D eigenvalue weighted by molar-refractivity contribution is -0.142. The topological polar surface area (TPSA) is 68.3 Å². The Morgan fingerprint density at radius 2 is 2.00 bits per heavy atom. The second kappa shape index (κ2) is 6.99. The zero-order valence-corrected chi connectivity index (χ0v) is 12.7. The molecule has 5 nitrogen and oxygen atoms in total. The zero-order valence-electron chi connectivity index (χ0n) is 11.9. The Morgan fingerprint density at radius 3 is 2.67 bits per heavy atom. The molecule has 2 rings (SSSR count). The third kappa shape index (κ3) is 5.00. The van der Waals surface area contributed by atoms with Crippen molar-refractivity contribution in [3.05, 3.63) is 45.9 Å². The van der Waals surface area contributed by atoms with Gasteiger partial charge in [-0.15, -0.1) is 11.3 Å². The van der Waals surface area contributed by atoms with Gasteiger partial charge in [0, 0.05) is 18.0 Å². The van der Waals surface area contributed by atoms with Gasteiger partial charge in [0.25, 0.3) is 0 Å². The minimum absolute atomic E-state index is 0.118. The monoisotopic (exact) mass is 304 g/mol. The first-order valence-corrected chi connectivity index (χ1v) is 7.34. The van der Waals surface area contributed by atoms with Crippen LogP contribution in [0, 0.1) is 6.92 Å². The van der Waals surface area contributed by atoms with E-state index in [1.54, 1.807) is 5.38 Å². The van der Waals surface area contributed by atoms with Crippen molar-refractivity contribution in [3.63, 3.8) is 0 Å². The Morgan fingerprint density at radius 1 is 1.29 bits per heavy atom. The van der Waals surface area contributed by atoms with Crippen molar-refractivity contribution in [2.45, 2.75) is 26.9 Å². The number of hydrogen-bond acceptors (Lipinski definition) is 5. The van der Waals surface area contributed by atoms with Crippen LogP contribution in [0.1, 0.15) is 23.2 Å². The predicted octanol–water partition coefficient (Wildman–Crippen LogP) is 2.70. The molecule has 1 aromatic carbocycles. The van der Waals surface area contributed by atoms with E-state index in [9.17, 15) is 9.59 Å². The molecule has 0 saturated heterocycles. The van der Waals surface area contributed by atoms with Gasteiger partial charge < -0.3 is 10.1 Å². The molecule has 0 bridgehead atoms. The van der Waals surface area contributed by atoms with Crippen LogP contribution in [-0.2, 0) is 27.4 Å². The van der Waals surface area contributed by atoms with E-state index in [0.717, 1.165) is 11.3 Å². The van der Waals surface area contributed by atoms with Crippen molar-refractivity contribution in [2.75, 3.05) is 5.32 Å². The average Bonchev–Trinajstić information content (AvgIpc) is 2.86. The predicted molar refractivity (Wildman–Crippen MR) is 81.1 cm³/mol. The fourth-order valence-electron chi connectivity index (χ4n) is 1.65. The summed E-state index contributed by atoms with van der Waals surface area (Å²) in [6.07, 6.45) is 0.207. The summed E-state index contributed by atoms with van der Waals surface area (Å²) < 4.78 is 4.86. The quantitative estimate of drug-likeness (QED) is 0.862. The molecule has 6 heteroatoms. The van der Waals surface area contributed by atoms with Crippen molar-refractivity contribution in [1.29, 1.82) is 0 Å². The van der Waals surface area contributed by atoms with E-state index >= 15 is 0 Å². The number of ether oxygens (including phenoxy) is 1. The summed E-state index contributed by atoms with van der Waals surface area (Å²) in [5.41, 5.74) is 2.57. The Kier molecular flexibility index (Phi) is 5.05. The van der Waals surface area contributed by atoms with E-state index in [2.05, 4.69) is 10.3 Å². The van der Waals surface area contributed by atoms with Gasteiger partial charge >= 0.3 is 5.97 Å². The van der Waals surface area contributed by atoms with Crippen LogP contribution >= 0.6 is 11.3 Å². The van der Waals surface area contributed by atoms with E-state index in [1.807, 2.05) is 31.2 Å². The van der Waals surface area contributed by atoms with E-state index < -0.39 is 0 Å². The van der Waals surface area contributed by atoms with Crippen molar-refractivity contribution in [2.24, 2.45) is 0 Å². The molecular weight excluding hydrogens is 288 g/mol. The molecule has 1 N–H and O–H groups in total. The molecule has 0 fully saturated rings. The van der Waals surface area contributed by atoms with Crippen LogP contribution in [0.5, 0.6) is 0 Å². The van der Waals surface area contributed by atoms with Gasteiger partial charge in [-0.3, -0.25) is 9.59 Å². The van der Waals surface area contributed by atoms with Crippen molar-refractivity contribution >= 4 is 28.9 Å². The Balaban J connectivity index is 1.87. The largest absolute Gasteiger partial charge is 0.459 e. The fourth-order valence-corrected chi connectivity index (χ4v) is 2.43. The normalized spacial score (nSPS) is 10.2. The van der Waals surface area contributed by atoms with Gasteiger partial charge in [-0.05, 0) is 19.1 Å². The summed E-state index contributed by atoms with van der Waals surface area (Å²) in [5, 5.41) is 5.30. The molecular formula is C15H16N2O3S. The summed E-state index contributed by atoms with van der Waals surface area (Å²) >= 11 is 1.38. The molecule has 1 heterocycles. The summed E-state index contributed by atoms with van der Waals surface area (Å²) in [6.45, 7) is 3.49. The molecule has 0 aliphatic heterocycles. The first kappa shape index (κ1) is 15.2. The van der Waals surface area contributed by atoms with Gasteiger partial charge in [0.1, 0.15) is 11.6 Å². The number of carbonyl (C=O) groups is 2. The Labute approximate surface area is 127 Å². The number of nitrogens with one attached hydrogen (secondary N) is 1. The number of hydrogen-bond donors (Lipinski definition) is 1. The lowest BCUT2D eigenvalue weighted by Gasteiger charge is -2.04. The second-order valence-electron chi connectivity index (χ2n) is 4.60. The molecule has 0 saturated carbocycles. The standard InChI is InChI=1S/C15H16N2O3S/c1-10-3-5-12(6-4-10)16-14(19)7-15-17-13(9-21-15)8-20-11(2)18/h3-6,9H,7-8H2,1-2H3,(H,16,19). The molecule has 0 atom stereocenters. The third-order valence-electron chi connectivity index (χ3n) is 2.67. The van der Waals surface area contributed by atoms with Gasteiger partial charge in [0.05, 0.1) is 12.1 Å². The molecule has 2 aromatic rings. The number of nitrogens with zero attached hydrogens (tertiary/aromatic N) is 1. The second-order valence-corrected chi connectivity index (χ2v) is 5.55. The van der Waals surface area contributed by atoms with E-state index in [0.29, 0.717) is 10.7 Å². The first-order valence-electron chi connectivity index (χ1n) is 6.46. The highest BCUT2D eigenvalue weighted by Gasteiger charge is 2.09. The van der Waals surface area contributed by atoms with E-state index in [1.165, 1.54) is 18.3 Å². The van der Waals surface area contributed by atoms with Gasteiger partial charge in [0.15, 0.2) is 0 Å². The summed E-state index contributed by atoms with van der Waals surface area (Å²) in [7, 11) is 0. The molecule has 0 radical (unpaired) electrons. The molecule has 1 aromatic heterocycles. The van der Waals surface area contributed by atoms with Crippen molar-refractivity contribution in [1.82, 2.24) is 4.98 Å². The van der Waals surface area contributed by atoms with Gasteiger partial charge in [0.2, 0.25) is 5.91 Å². The molecule has 110 valence electrons. The Bertz CT molecular complexity index is 635. The highest BCUT2D eigenvalue weighted by molar-refractivity contribution is 7.09. The minimum atomic E-state index is -0.346. The number of esters is 1. The van der Waals surface area contributed by atoms with Crippen LogP contribution in [0.2, 0.25) is 0 Å². The molecule has 0 aliphatic rings. The smallest absolute Gasteiger partial charge is 0.303 e. The van der Waals surface area contributed by atoms with Crippen LogP contribution in [0.3, 0.4) is 0 Å². The van der Waals surface area contributed by atoms with Crippen LogP contribution in [0.25, 0.3) is 0 Å². The van der Waals surface area contributed by atoms with Crippen LogP contribution in [-0.4, -0.2) is 16.9 Å². The molecule has 21 heavy (non-hydrogen) atoms. The van der Waals surface area contributed by atoms with Crippen LogP contribution < -0.4 is 5.32 Å². The lowest BCUT2D eigenvalue weighted by Crippen LogP contribution is -2.14. The highest BCUT2D eigenvalue weighted by atomic mass is 32.1. The lowest BCUT2D eigenvalue weighted by atomic mass is 10.2. The van der Waals surface area contributed by atoms with E-state index in [4.69, 9.17) is 4.74 Å². The Hall–Kier alpha value is -2.21. The first-order chi connectivity index (χ1) is 10.0. The number of anilines is 1. The molecule has 0 aliphatic carbocycles. The highest BCUT2D eigenvalue weighted by Crippen LogP contribution is 2.13. The van der Waals surface area contributed by atoms with Gasteiger partial charge in [-0.1, -0.05) is 17.7 Å². The number of rotatable bonds is 5. The number of amides is 1. The number of aryl methyl sites for hydroxylation is 1. The van der Waals surface area contributed by atoms with Crippen LogP contribution in [0.15, 0.2) is 29.6 Å². The summed E-state index contributed by atoms with van der Waals surface area (Å²) in [6, 6.07) is 7.61. The van der Waals surface area contributed by atoms with Gasteiger partial charge in [-0.2, -0.15) is 0 Å². The fraction of sp³-hybridized carbons (Fsp3) is 0.267. The number of thiazole rings is 1. The maximum Gasteiger partial charge on any atom is 0.303 e. The maximum atomic E-state index is 11.9. The molecule has 0 spiro atoms. The average molecular weight is 304 g/mol. The maximum absolute atomic E-state index is 11.9. The number of benzene rings is 1. The number of aromatic nitrogens is 1. The number of carbonyl (C=O) groups excluding carboxylic acids is 2. The van der Waals surface area contributed by atoms with E-state index in [-0.39, 0.29) is 24.9 Å². The molecule has 1 amide bonds. The SMILES string of the molecule is CC(=O)OCc1csc(CC(=O)Nc2ccc(C)cc2)n1. The minimum Gasteiger partial charge on any atom is -0.459 e. The van der Waals surface area contributed by atoms with Crippen molar-refractivity contribution < 1.29 is 14.3 Å². The molecule has 0 unspecified atom stereocenters. The summed E-state index contributed by atoms with van der Waals surface area (Å²) in [5.74, 6) is -0.464. The zero-order chi connectivity index (χ0) is 15.2. The van der Waals surface area contributed by atoms with Crippen LogP contribution in [0.4, 0.5) is 5.69 Å². The third-order valence-corrected chi connectivity index (χ3v) is 3.57.